The van der Waals surface area contributed by atoms with Gasteiger partial charge in [-0.1, -0.05) is 6.07 Å². The van der Waals surface area contributed by atoms with Gasteiger partial charge in [0.05, 0.1) is 10.8 Å². The molecule has 0 amide bonds. The van der Waals surface area contributed by atoms with Gasteiger partial charge in [-0.3, -0.25) is 4.79 Å². The smallest absolute Gasteiger partial charge is 0.168 e. The van der Waals surface area contributed by atoms with Gasteiger partial charge in [0, 0.05) is 11.8 Å². The third-order valence-electron chi connectivity index (χ3n) is 2.44. The van der Waals surface area contributed by atoms with E-state index in [1.165, 1.54) is 11.1 Å². The first-order valence-corrected chi connectivity index (χ1v) is 5.85. The Morgan fingerprint density at radius 1 is 1.27 bits per heavy atom. The van der Waals surface area contributed by atoms with E-state index in [0.717, 1.165) is 10.7 Å². The van der Waals surface area contributed by atoms with Crippen LogP contribution >= 0.6 is 11.8 Å². The van der Waals surface area contributed by atoms with Crippen LogP contribution in [0.25, 0.3) is 0 Å². The lowest BCUT2D eigenvalue weighted by Crippen LogP contribution is -1.94. The molecule has 1 aliphatic heterocycles. The maximum Gasteiger partial charge on any atom is 0.168 e. The number of aryl methyl sites for hydroxylation is 2. The standard InChI is InChI=1S/C12H13NOS/c1-8-3-4-10(5-9(8)2)13-12-6-11(14)7-15-12/h3-6,13H,7H2,1-2H3. The highest BCUT2D eigenvalue weighted by molar-refractivity contribution is 8.04. The minimum absolute atomic E-state index is 0.186. The molecule has 0 bridgehead atoms. The van der Waals surface area contributed by atoms with Crippen molar-refractivity contribution in [3.63, 3.8) is 0 Å². The van der Waals surface area contributed by atoms with Crippen molar-refractivity contribution >= 4 is 23.2 Å². The van der Waals surface area contributed by atoms with Crippen molar-refractivity contribution < 1.29 is 4.79 Å². The zero-order chi connectivity index (χ0) is 10.8. The van der Waals surface area contributed by atoms with Gasteiger partial charge in [0.15, 0.2) is 5.78 Å². The fourth-order valence-electron chi connectivity index (χ4n) is 1.41. The van der Waals surface area contributed by atoms with E-state index in [0.29, 0.717) is 5.75 Å². The van der Waals surface area contributed by atoms with Gasteiger partial charge < -0.3 is 5.32 Å². The SMILES string of the molecule is Cc1ccc(NC2=CC(=O)CS2)cc1C. The molecule has 0 saturated heterocycles. The van der Waals surface area contributed by atoms with Crippen LogP contribution in [0.1, 0.15) is 11.1 Å². The zero-order valence-electron chi connectivity index (χ0n) is 8.83. The number of hydrogen-bond donors (Lipinski definition) is 1. The summed E-state index contributed by atoms with van der Waals surface area (Å²) in [7, 11) is 0. The topological polar surface area (TPSA) is 29.1 Å². The van der Waals surface area contributed by atoms with Crippen LogP contribution in [-0.2, 0) is 4.79 Å². The first kappa shape index (κ1) is 10.3. The second-order valence-corrected chi connectivity index (χ2v) is 4.70. The summed E-state index contributed by atoms with van der Waals surface area (Å²) in [5.74, 6) is 0.749. The van der Waals surface area contributed by atoms with E-state index in [2.05, 4.69) is 31.3 Å². The molecular weight excluding hydrogens is 206 g/mol. The van der Waals surface area contributed by atoms with Crippen LogP contribution in [0.15, 0.2) is 29.3 Å². The van der Waals surface area contributed by atoms with Crippen LogP contribution < -0.4 is 5.32 Å². The summed E-state index contributed by atoms with van der Waals surface area (Å²) < 4.78 is 0. The Bertz CT molecular complexity index is 437. The van der Waals surface area contributed by atoms with Crippen molar-refractivity contribution in [1.29, 1.82) is 0 Å². The van der Waals surface area contributed by atoms with E-state index in [1.807, 2.05) is 6.07 Å². The molecule has 0 radical (unpaired) electrons. The highest BCUT2D eigenvalue weighted by Gasteiger charge is 2.12. The number of ketones is 1. The summed E-state index contributed by atoms with van der Waals surface area (Å²) in [5.41, 5.74) is 3.59. The first-order chi connectivity index (χ1) is 7.15. The van der Waals surface area contributed by atoms with Crippen molar-refractivity contribution in [2.45, 2.75) is 13.8 Å². The normalized spacial score (nSPS) is 15.3. The van der Waals surface area contributed by atoms with E-state index in [1.54, 1.807) is 17.8 Å². The number of allylic oxidation sites excluding steroid dienone is 1. The fraction of sp³-hybridized carbons (Fsp3) is 0.250. The second-order valence-electron chi connectivity index (χ2n) is 3.69. The fourth-order valence-corrected chi connectivity index (χ4v) is 2.20. The lowest BCUT2D eigenvalue weighted by atomic mass is 10.1. The van der Waals surface area contributed by atoms with Crippen LogP contribution in [-0.4, -0.2) is 11.5 Å². The Morgan fingerprint density at radius 2 is 2.07 bits per heavy atom. The number of anilines is 1. The van der Waals surface area contributed by atoms with Gasteiger partial charge in [-0.25, -0.2) is 0 Å². The summed E-state index contributed by atoms with van der Waals surface area (Å²) >= 11 is 1.56. The maximum absolute atomic E-state index is 11.0. The van der Waals surface area contributed by atoms with E-state index in [4.69, 9.17) is 0 Å². The molecule has 0 unspecified atom stereocenters. The van der Waals surface area contributed by atoms with E-state index in [-0.39, 0.29) is 5.78 Å². The predicted octanol–water partition coefficient (Wildman–Crippen LogP) is 2.87. The molecule has 0 fully saturated rings. The van der Waals surface area contributed by atoms with Crippen molar-refractivity contribution in [2.24, 2.45) is 0 Å². The number of nitrogens with one attached hydrogen (secondary N) is 1. The lowest BCUT2D eigenvalue weighted by Gasteiger charge is -2.08. The van der Waals surface area contributed by atoms with Gasteiger partial charge in [0.1, 0.15) is 0 Å². The molecule has 2 rings (SSSR count). The molecule has 3 heteroatoms. The van der Waals surface area contributed by atoms with Crippen LogP contribution in [0.3, 0.4) is 0 Å². The zero-order valence-corrected chi connectivity index (χ0v) is 9.65. The maximum atomic E-state index is 11.0. The second kappa shape index (κ2) is 4.11. The average molecular weight is 219 g/mol. The Morgan fingerprint density at radius 3 is 2.67 bits per heavy atom. The molecule has 0 atom stereocenters. The summed E-state index contributed by atoms with van der Waals surface area (Å²) in [6.07, 6.45) is 1.67. The predicted molar refractivity (Wildman–Crippen MR) is 65.1 cm³/mol. The summed E-state index contributed by atoms with van der Waals surface area (Å²) in [6.45, 7) is 4.17. The molecule has 1 N–H and O–H groups in total. The van der Waals surface area contributed by atoms with Crippen molar-refractivity contribution in [2.75, 3.05) is 11.1 Å². The van der Waals surface area contributed by atoms with Gasteiger partial charge in [-0.15, -0.1) is 11.8 Å². The van der Waals surface area contributed by atoms with E-state index in [9.17, 15) is 4.79 Å². The Labute approximate surface area is 93.8 Å². The van der Waals surface area contributed by atoms with Crippen LogP contribution in [0.5, 0.6) is 0 Å². The summed E-state index contributed by atoms with van der Waals surface area (Å²) in [5, 5.41) is 4.19. The molecule has 0 spiro atoms. The molecule has 1 aromatic carbocycles. The molecule has 1 aromatic rings. The third kappa shape index (κ3) is 2.42. The molecule has 0 aromatic heterocycles. The average Bonchev–Trinajstić information content (AvgIpc) is 2.58. The number of carbonyl (C=O) groups is 1. The number of thioether (sulfide) groups is 1. The Balaban J connectivity index is 2.14. The molecule has 78 valence electrons. The van der Waals surface area contributed by atoms with Crippen LogP contribution in [0.4, 0.5) is 5.69 Å². The van der Waals surface area contributed by atoms with E-state index < -0.39 is 0 Å². The lowest BCUT2D eigenvalue weighted by molar-refractivity contribution is -0.112. The molecule has 0 aliphatic carbocycles. The van der Waals surface area contributed by atoms with Crippen molar-refractivity contribution in [1.82, 2.24) is 0 Å². The molecular formula is C12H13NOS. The quantitative estimate of drug-likeness (QED) is 0.829. The largest absolute Gasteiger partial charge is 0.350 e. The van der Waals surface area contributed by atoms with Crippen LogP contribution in [0.2, 0.25) is 0 Å². The van der Waals surface area contributed by atoms with Gasteiger partial charge in [-0.2, -0.15) is 0 Å². The number of rotatable bonds is 2. The van der Waals surface area contributed by atoms with Gasteiger partial charge in [0.2, 0.25) is 0 Å². The number of carbonyl (C=O) groups excluding carboxylic acids is 1. The summed E-state index contributed by atoms with van der Waals surface area (Å²) in [4.78, 5) is 11.0. The van der Waals surface area contributed by atoms with Gasteiger partial charge in [-0.05, 0) is 37.1 Å². The number of hydrogen-bond acceptors (Lipinski definition) is 3. The van der Waals surface area contributed by atoms with E-state index >= 15 is 0 Å². The molecule has 1 heterocycles. The Hall–Kier alpha value is -1.22. The minimum atomic E-state index is 0.186. The highest BCUT2D eigenvalue weighted by Crippen LogP contribution is 2.25. The molecule has 2 nitrogen and oxygen atoms in total. The van der Waals surface area contributed by atoms with Crippen LogP contribution in [0, 0.1) is 13.8 Å². The molecule has 15 heavy (non-hydrogen) atoms. The van der Waals surface area contributed by atoms with Gasteiger partial charge >= 0.3 is 0 Å². The summed E-state index contributed by atoms with van der Waals surface area (Å²) in [6, 6.07) is 6.21. The van der Waals surface area contributed by atoms with Crippen molar-refractivity contribution in [3.05, 3.63) is 40.4 Å². The van der Waals surface area contributed by atoms with Gasteiger partial charge in [0.25, 0.3) is 0 Å². The first-order valence-electron chi connectivity index (χ1n) is 4.87. The molecule has 0 saturated carbocycles. The van der Waals surface area contributed by atoms with Crippen molar-refractivity contribution in [3.8, 4) is 0 Å². The third-order valence-corrected chi connectivity index (χ3v) is 3.40. The molecule has 1 aliphatic rings. The highest BCUT2D eigenvalue weighted by atomic mass is 32.2. The Kier molecular flexibility index (Phi) is 2.82. The monoisotopic (exact) mass is 219 g/mol. The minimum Gasteiger partial charge on any atom is -0.350 e. The number of benzene rings is 1.